The van der Waals surface area contributed by atoms with Gasteiger partial charge in [-0.05, 0) is 30.9 Å². The van der Waals surface area contributed by atoms with E-state index in [9.17, 15) is 8.42 Å². The Hall–Kier alpha value is -1.17. The third kappa shape index (κ3) is 2.98. The van der Waals surface area contributed by atoms with Crippen LogP contribution in [0.3, 0.4) is 0 Å². The summed E-state index contributed by atoms with van der Waals surface area (Å²) in [6.07, 6.45) is 0. The number of sulfonamides is 1. The summed E-state index contributed by atoms with van der Waals surface area (Å²) in [4.78, 5) is 0. The van der Waals surface area contributed by atoms with Crippen molar-refractivity contribution in [3.63, 3.8) is 0 Å². The van der Waals surface area contributed by atoms with Crippen molar-refractivity contribution in [2.45, 2.75) is 24.1 Å². The van der Waals surface area contributed by atoms with Gasteiger partial charge < -0.3 is 0 Å². The molecule has 3 nitrogen and oxygen atoms in total. The summed E-state index contributed by atoms with van der Waals surface area (Å²) >= 11 is 1.22. The molecule has 5 heteroatoms. The van der Waals surface area contributed by atoms with Crippen LogP contribution in [0.1, 0.15) is 24.1 Å². The summed E-state index contributed by atoms with van der Waals surface area (Å²) in [5.74, 6) is 0. The molecule has 96 valence electrons. The van der Waals surface area contributed by atoms with Gasteiger partial charge in [0.15, 0.2) is 0 Å². The van der Waals surface area contributed by atoms with Crippen LogP contribution in [0, 0.1) is 6.92 Å². The minimum absolute atomic E-state index is 0.238. The van der Waals surface area contributed by atoms with Gasteiger partial charge in [0.1, 0.15) is 4.21 Å². The van der Waals surface area contributed by atoms with Crippen LogP contribution in [0.15, 0.2) is 46.0 Å². The Labute approximate surface area is 112 Å². The smallest absolute Gasteiger partial charge is 0.206 e. The van der Waals surface area contributed by atoms with Crippen LogP contribution in [0.2, 0.25) is 0 Å². The first-order chi connectivity index (χ1) is 8.49. The number of aryl methyl sites for hydroxylation is 1. The minimum Gasteiger partial charge on any atom is -0.206 e. The molecule has 0 spiro atoms. The Bertz CT molecular complexity index is 601. The molecule has 1 heterocycles. The van der Waals surface area contributed by atoms with E-state index in [-0.39, 0.29) is 6.04 Å². The standard InChI is InChI=1S/C13H15NO2S2/c1-10-5-7-12(8-6-10)11(2)14-18(15,16)13-4-3-9-17-13/h3-9,11,14H,1-2H3. The van der Waals surface area contributed by atoms with E-state index in [1.54, 1.807) is 17.5 Å². The number of thiophene rings is 1. The highest BCUT2D eigenvalue weighted by Gasteiger charge is 2.18. The van der Waals surface area contributed by atoms with Gasteiger partial charge in [-0.1, -0.05) is 35.9 Å². The Morgan fingerprint density at radius 2 is 1.83 bits per heavy atom. The lowest BCUT2D eigenvalue weighted by molar-refractivity contribution is 0.569. The van der Waals surface area contributed by atoms with Crippen LogP contribution in [0.5, 0.6) is 0 Å². The number of rotatable bonds is 4. The van der Waals surface area contributed by atoms with Crippen molar-refractivity contribution >= 4 is 21.4 Å². The summed E-state index contributed by atoms with van der Waals surface area (Å²) in [7, 11) is -3.41. The third-order valence-electron chi connectivity index (χ3n) is 2.67. The van der Waals surface area contributed by atoms with Crippen molar-refractivity contribution in [2.24, 2.45) is 0 Å². The first-order valence-corrected chi connectivity index (χ1v) is 7.98. The van der Waals surface area contributed by atoms with Gasteiger partial charge in [0.25, 0.3) is 10.0 Å². The summed E-state index contributed by atoms with van der Waals surface area (Å²) < 4.78 is 27.1. The van der Waals surface area contributed by atoms with Gasteiger partial charge in [0.2, 0.25) is 0 Å². The van der Waals surface area contributed by atoms with Gasteiger partial charge in [-0.3, -0.25) is 0 Å². The maximum absolute atomic E-state index is 12.0. The van der Waals surface area contributed by atoms with Crippen LogP contribution in [-0.2, 0) is 10.0 Å². The molecular weight excluding hydrogens is 266 g/mol. The molecule has 0 amide bonds. The van der Waals surface area contributed by atoms with Crippen LogP contribution in [0.4, 0.5) is 0 Å². The zero-order valence-corrected chi connectivity index (χ0v) is 11.9. The summed E-state index contributed by atoms with van der Waals surface area (Å²) in [5, 5.41) is 1.76. The fraction of sp³-hybridized carbons (Fsp3) is 0.231. The SMILES string of the molecule is Cc1ccc(C(C)NS(=O)(=O)c2cccs2)cc1. The van der Waals surface area contributed by atoms with Crippen LogP contribution >= 0.6 is 11.3 Å². The lowest BCUT2D eigenvalue weighted by atomic mass is 10.1. The van der Waals surface area contributed by atoms with Gasteiger partial charge in [0, 0.05) is 6.04 Å². The lowest BCUT2D eigenvalue weighted by Gasteiger charge is -2.14. The zero-order valence-electron chi connectivity index (χ0n) is 10.3. The monoisotopic (exact) mass is 281 g/mol. The second-order valence-electron chi connectivity index (χ2n) is 4.19. The Balaban J connectivity index is 2.17. The normalized spacial score (nSPS) is 13.4. The highest BCUT2D eigenvalue weighted by Crippen LogP contribution is 2.20. The van der Waals surface area contributed by atoms with E-state index in [0.29, 0.717) is 4.21 Å². The fourth-order valence-electron chi connectivity index (χ4n) is 1.63. The lowest BCUT2D eigenvalue weighted by Crippen LogP contribution is -2.26. The molecule has 0 radical (unpaired) electrons. The maximum atomic E-state index is 12.0. The van der Waals surface area contributed by atoms with Gasteiger partial charge in [-0.2, -0.15) is 0 Å². The van der Waals surface area contributed by atoms with Crippen molar-refractivity contribution in [1.82, 2.24) is 4.72 Å². The van der Waals surface area contributed by atoms with E-state index in [1.165, 1.54) is 11.3 Å². The molecule has 1 aromatic heterocycles. The average Bonchev–Trinajstić information content (AvgIpc) is 2.83. The second kappa shape index (κ2) is 5.22. The third-order valence-corrected chi connectivity index (χ3v) is 5.61. The molecule has 1 N–H and O–H groups in total. The average molecular weight is 281 g/mol. The molecule has 0 aliphatic carbocycles. The van der Waals surface area contributed by atoms with Crippen molar-refractivity contribution < 1.29 is 8.42 Å². The number of benzene rings is 1. The molecule has 0 fully saturated rings. The second-order valence-corrected chi connectivity index (χ2v) is 7.07. The summed E-state index contributed by atoms with van der Waals surface area (Å²) in [5.41, 5.74) is 2.12. The van der Waals surface area contributed by atoms with E-state index in [2.05, 4.69) is 4.72 Å². The Morgan fingerprint density at radius 3 is 2.39 bits per heavy atom. The maximum Gasteiger partial charge on any atom is 0.250 e. The molecule has 1 atom stereocenters. The number of nitrogens with one attached hydrogen (secondary N) is 1. The van der Waals surface area contributed by atoms with Gasteiger partial charge in [-0.15, -0.1) is 11.3 Å². The van der Waals surface area contributed by atoms with Crippen LogP contribution < -0.4 is 4.72 Å². The van der Waals surface area contributed by atoms with Crippen molar-refractivity contribution in [1.29, 1.82) is 0 Å². The Kier molecular flexibility index (Phi) is 3.85. The molecule has 2 aromatic rings. The zero-order chi connectivity index (χ0) is 13.2. The van der Waals surface area contributed by atoms with Crippen molar-refractivity contribution in [3.05, 3.63) is 52.9 Å². The predicted octanol–water partition coefficient (Wildman–Crippen LogP) is 3.10. The number of hydrogen-bond donors (Lipinski definition) is 1. The molecule has 0 aliphatic rings. The van der Waals surface area contributed by atoms with E-state index >= 15 is 0 Å². The molecular formula is C13H15NO2S2. The van der Waals surface area contributed by atoms with E-state index in [4.69, 9.17) is 0 Å². The number of hydrogen-bond acceptors (Lipinski definition) is 3. The molecule has 1 aromatic carbocycles. The first kappa shape index (κ1) is 13.3. The fourth-order valence-corrected chi connectivity index (χ4v) is 3.87. The minimum atomic E-state index is -3.41. The van der Waals surface area contributed by atoms with E-state index in [0.717, 1.165) is 11.1 Å². The van der Waals surface area contributed by atoms with Gasteiger partial charge in [0.05, 0.1) is 0 Å². The summed E-state index contributed by atoms with van der Waals surface area (Å²) in [6, 6.07) is 10.9. The molecule has 0 bridgehead atoms. The van der Waals surface area contributed by atoms with E-state index < -0.39 is 10.0 Å². The van der Waals surface area contributed by atoms with E-state index in [1.807, 2.05) is 38.1 Å². The molecule has 18 heavy (non-hydrogen) atoms. The predicted molar refractivity (Wildman–Crippen MR) is 74.2 cm³/mol. The van der Waals surface area contributed by atoms with Gasteiger partial charge >= 0.3 is 0 Å². The molecule has 0 saturated carbocycles. The molecule has 0 saturated heterocycles. The molecule has 0 aliphatic heterocycles. The van der Waals surface area contributed by atoms with Crippen molar-refractivity contribution in [2.75, 3.05) is 0 Å². The quantitative estimate of drug-likeness (QED) is 0.936. The largest absolute Gasteiger partial charge is 0.250 e. The molecule has 1 unspecified atom stereocenters. The highest BCUT2D eigenvalue weighted by molar-refractivity contribution is 7.91. The van der Waals surface area contributed by atoms with Crippen molar-refractivity contribution in [3.8, 4) is 0 Å². The first-order valence-electron chi connectivity index (χ1n) is 5.61. The Morgan fingerprint density at radius 1 is 1.17 bits per heavy atom. The van der Waals surface area contributed by atoms with Crippen LogP contribution in [-0.4, -0.2) is 8.42 Å². The van der Waals surface area contributed by atoms with Gasteiger partial charge in [-0.25, -0.2) is 13.1 Å². The summed E-state index contributed by atoms with van der Waals surface area (Å²) in [6.45, 7) is 3.85. The highest BCUT2D eigenvalue weighted by atomic mass is 32.2. The van der Waals surface area contributed by atoms with Crippen LogP contribution in [0.25, 0.3) is 0 Å². The molecule has 2 rings (SSSR count). The topological polar surface area (TPSA) is 46.2 Å².